The maximum absolute atomic E-state index is 13.7. The summed E-state index contributed by atoms with van der Waals surface area (Å²) in [6, 6.07) is 0.219. The molecule has 0 aliphatic rings. The fourth-order valence-corrected chi connectivity index (χ4v) is 1.82. The number of hydrogen-bond acceptors (Lipinski definition) is 6. The number of aromatic nitrogens is 4. The number of aromatic amines is 1. The number of rotatable bonds is 3. The number of hydrogen-bond donors (Lipinski definition) is 2. The summed E-state index contributed by atoms with van der Waals surface area (Å²) in [5.41, 5.74) is 0.883. The van der Waals surface area contributed by atoms with Gasteiger partial charge in [-0.25, -0.2) is 9.37 Å². The van der Waals surface area contributed by atoms with Gasteiger partial charge in [0.25, 0.3) is 0 Å². The number of fused-ring (bicyclic) bond motifs is 1. The van der Waals surface area contributed by atoms with Crippen LogP contribution in [0.3, 0.4) is 0 Å². The molecule has 96 valence electrons. The van der Waals surface area contributed by atoms with Crippen LogP contribution in [0.2, 0.25) is 0 Å². The topological polar surface area (TPSA) is 96.7 Å². The second-order valence-electron chi connectivity index (χ2n) is 3.74. The molecule has 0 spiro atoms. The molecule has 0 atom stereocenters. The molecule has 0 radical (unpaired) electrons. The van der Waals surface area contributed by atoms with Gasteiger partial charge in [-0.05, 0) is 0 Å². The molecule has 0 unspecified atom stereocenters. The van der Waals surface area contributed by atoms with E-state index in [1.807, 2.05) is 0 Å². The minimum atomic E-state index is -0.584. The number of anilines is 1. The molecule has 0 saturated carbocycles. The lowest BCUT2D eigenvalue weighted by atomic mass is 10.2. The molecule has 0 aliphatic carbocycles. The molecule has 7 nitrogen and oxygen atoms in total. The Labute approximate surface area is 105 Å². The largest absolute Gasteiger partial charge is 0.358 e. The lowest BCUT2D eigenvalue weighted by Crippen LogP contribution is -1.92. The van der Waals surface area contributed by atoms with Gasteiger partial charge in [-0.3, -0.25) is 4.79 Å². The smallest absolute Gasteiger partial charge is 0.321 e. The average Bonchev–Trinajstić information content (AvgIpc) is 3.05. The minimum Gasteiger partial charge on any atom is -0.358 e. The van der Waals surface area contributed by atoms with E-state index >= 15 is 0 Å². The Balaban J connectivity index is 2.27. The first-order chi connectivity index (χ1) is 9.24. The molecule has 0 fully saturated rings. The van der Waals surface area contributed by atoms with Crippen LogP contribution >= 0.6 is 0 Å². The van der Waals surface area contributed by atoms with E-state index in [-0.39, 0.29) is 22.8 Å². The van der Waals surface area contributed by atoms with Crippen molar-refractivity contribution in [1.29, 1.82) is 0 Å². The SMILES string of the molecule is CNc1nc(-c2ncc(F)c3c(C=O)c[nH]c23)no1. The van der Waals surface area contributed by atoms with Gasteiger partial charge < -0.3 is 14.8 Å². The predicted molar refractivity (Wildman–Crippen MR) is 64.3 cm³/mol. The molecule has 0 aromatic carbocycles. The Morgan fingerprint density at radius 2 is 2.37 bits per heavy atom. The van der Waals surface area contributed by atoms with Gasteiger partial charge in [0.05, 0.1) is 11.7 Å². The van der Waals surface area contributed by atoms with Gasteiger partial charge in [-0.15, -0.1) is 0 Å². The fourth-order valence-electron chi connectivity index (χ4n) is 1.82. The van der Waals surface area contributed by atoms with E-state index in [0.717, 1.165) is 6.20 Å². The first-order valence-corrected chi connectivity index (χ1v) is 5.37. The normalized spacial score (nSPS) is 10.8. The lowest BCUT2D eigenvalue weighted by molar-refractivity contribution is 0.112. The molecule has 3 rings (SSSR count). The second-order valence-corrected chi connectivity index (χ2v) is 3.74. The summed E-state index contributed by atoms with van der Waals surface area (Å²) in [7, 11) is 1.63. The van der Waals surface area contributed by atoms with Gasteiger partial charge in [-0.1, -0.05) is 5.16 Å². The zero-order valence-corrected chi connectivity index (χ0v) is 9.77. The highest BCUT2D eigenvalue weighted by Gasteiger charge is 2.18. The van der Waals surface area contributed by atoms with Crippen LogP contribution in [-0.2, 0) is 0 Å². The first kappa shape index (κ1) is 11.3. The van der Waals surface area contributed by atoms with E-state index in [2.05, 4.69) is 25.4 Å². The van der Waals surface area contributed by atoms with Crippen LogP contribution in [0.5, 0.6) is 0 Å². The van der Waals surface area contributed by atoms with Crippen molar-refractivity contribution >= 4 is 23.2 Å². The molecule has 19 heavy (non-hydrogen) atoms. The van der Waals surface area contributed by atoms with Crippen molar-refractivity contribution in [3.8, 4) is 11.5 Å². The van der Waals surface area contributed by atoms with Gasteiger partial charge in [0.15, 0.2) is 12.1 Å². The third kappa shape index (κ3) is 1.65. The Hall–Kier alpha value is -2.77. The zero-order valence-electron chi connectivity index (χ0n) is 9.77. The Bertz CT molecular complexity index is 764. The second kappa shape index (κ2) is 4.16. The van der Waals surface area contributed by atoms with Crippen molar-refractivity contribution in [2.24, 2.45) is 0 Å². The number of nitrogens with zero attached hydrogens (tertiary/aromatic N) is 3. The molecular formula is C11H8FN5O2. The summed E-state index contributed by atoms with van der Waals surface area (Å²) < 4.78 is 18.6. The monoisotopic (exact) mass is 261 g/mol. The molecule has 0 aliphatic heterocycles. The highest BCUT2D eigenvalue weighted by atomic mass is 19.1. The molecular weight excluding hydrogens is 253 g/mol. The third-order valence-electron chi connectivity index (χ3n) is 2.67. The van der Waals surface area contributed by atoms with E-state index in [4.69, 9.17) is 4.52 Å². The third-order valence-corrected chi connectivity index (χ3v) is 2.67. The quantitative estimate of drug-likeness (QED) is 0.695. The lowest BCUT2D eigenvalue weighted by Gasteiger charge is -1.98. The van der Waals surface area contributed by atoms with E-state index in [9.17, 15) is 9.18 Å². The van der Waals surface area contributed by atoms with Gasteiger partial charge in [0.2, 0.25) is 5.82 Å². The van der Waals surface area contributed by atoms with Gasteiger partial charge in [-0.2, -0.15) is 4.98 Å². The number of carbonyl (C=O) groups excluding carboxylic acids is 1. The summed E-state index contributed by atoms with van der Waals surface area (Å²) in [4.78, 5) is 21.6. The molecule has 3 heterocycles. The number of nitrogens with one attached hydrogen (secondary N) is 2. The number of halogens is 1. The van der Waals surface area contributed by atoms with Crippen LogP contribution < -0.4 is 5.32 Å². The van der Waals surface area contributed by atoms with Gasteiger partial charge in [0.1, 0.15) is 5.69 Å². The summed E-state index contributed by atoms with van der Waals surface area (Å²) in [5.74, 6) is -0.381. The van der Waals surface area contributed by atoms with Crippen molar-refractivity contribution in [2.75, 3.05) is 12.4 Å². The van der Waals surface area contributed by atoms with Gasteiger partial charge in [0, 0.05) is 24.2 Å². The minimum absolute atomic E-state index is 0.163. The summed E-state index contributed by atoms with van der Waals surface area (Å²) in [6.07, 6.45) is 3.00. The predicted octanol–water partition coefficient (Wildman–Crippen LogP) is 1.61. The molecule has 2 N–H and O–H groups in total. The number of pyridine rings is 1. The van der Waals surface area contributed by atoms with E-state index in [1.54, 1.807) is 7.05 Å². The highest BCUT2D eigenvalue weighted by Crippen LogP contribution is 2.28. The summed E-state index contributed by atoms with van der Waals surface area (Å²) >= 11 is 0. The molecule has 0 saturated heterocycles. The van der Waals surface area contributed by atoms with Crippen molar-refractivity contribution < 1.29 is 13.7 Å². The number of H-pyrrole nitrogens is 1. The Kier molecular flexibility index (Phi) is 2.48. The molecule has 3 aromatic heterocycles. The van der Waals surface area contributed by atoms with E-state index in [0.29, 0.717) is 17.5 Å². The first-order valence-electron chi connectivity index (χ1n) is 5.37. The Morgan fingerprint density at radius 1 is 1.53 bits per heavy atom. The maximum Gasteiger partial charge on any atom is 0.321 e. The van der Waals surface area contributed by atoms with Crippen LogP contribution in [0.15, 0.2) is 16.9 Å². The Morgan fingerprint density at radius 3 is 3.05 bits per heavy atom. The standard InChI is InChI=1S/C11H8FN5O2/c1-13-11-16-10(17-19-11)9-8-7(6(12)3-15-9)5(4-18)2-14-8/h2-4,14H,1H3,(H,13,16,17). The summed E-state index contributed by atoms with van der Waals surface area (Å²) in [5, 5.41) is 6.58. The van der Waals surface area contributed by atoms with Crippen molar-refractivity contribution in [2.45, 2.75) is 0 Å². The van der Waals surface area contributed by atoms with Crippen LogP contribution in [0.4, 0.5) is 10.4 Å². The zero-order chi connectivity index (χ0) is 13.4. The molecule has 0 bridgehead atoms. The molecule has 8 heteroatoms. The van der Waals surface area contributed by atoms with Crippen LogP contribution in [0.25, 0.3) is 22.4 Å². The molecule has 3 aromatic rings. The number of aldehydes is 1. The van der Waals surface area contributed by atoms with Crippen LogP contribution in [0.1, 0.15) is 10.4 Å². The van der Waals surface area contributed by atoms with Crippen LogP contribution in [-0.4, -0.2) is 33.4 Å². The van der Waals surface area contributed by atoms with Crippen LogP contribution in [0, 0.1) is 5.82 Å². The summed E-state index contributed by atoms with van der Waals surface area (Å²) in [6.45, 7) is 0. The molecule has 0 amide bonds. The van der Waals surface area contributed by atoms with Gasteiger partial charge >= 0.3 is 6.01 Å². The highest BCUT2D eigenvalue weighted by molar-refractivity contribution is 6.01. The fraction of sp³-hybridized carbons (Fsp3) is 0.0909. The van der Waals surface area contributed by atoms with E-state index in [1.165, 1.54) is 6.20 Å². The van der Waals surface area contributed by atoms with Crippen molar-refractivity contribution in [3.63, 3.8) is 0 Å². The van der Waals surface area contributed by atoms with Crippen molar-refractivity contribution in [3.05, 3.63) is 23.8 Å². The number of carbonyl (C=O) groups is 1. The van der Waals surface area contributed by atoms with E-state index < -0.39 is 5.82 Å². The van der Waals surface area contributed by atoms with Crippen molar-refractivity contribution in [1.82, 2.24) is 20.1 Å². The maximum atomic E-state index is 13.7. The average molecular weight is 261 g/mol.